The average molecular weight is 375 g/mol. The highest BCUT2D eigenvalue weighted by atomic mass is 35.5. The number of nitrogens with zero attached hydrogens (tertiary/aromatic N) is 2. The molecule has 0 unspecified atom stereocenters. The first-order chi connectivity index (χ1) is 13.3. The van der Waals surface area contributed by atoms with Gasteiger partial charge in [-0.05, 0) is 42.5 Å². The first-order valence-electron chi connectivity index (χ1n) is 9.07. The van der Waals surface area contributed by atoms with Crippen molar-refractivity contribution in [2.45, 2.75) is 0 Å². The lowest BCUT2D eigenvalue weighted by molar-refractivity contribution is 0.340. The van der Waals surface area contributed by atoms with Crippen molar-refractivity contribution in [3.05, 3.63) is 95.0 Å². The average Bonchev–Trinajstić information content (AvgIpc) is 2.73. The van der Waals surface area contributed by atoms with Crippen LogP contribution in [0.5, 0.6) is 5.75 Å². The van der Waals surface area contributed by atoms with Crippen LogP contribution in [-0.4, -0.2) is 19.8 Å². The van der Waals surface area contributed by atoms with E-state index >= 15 is 0 Å². The predicted octanol–water partition coefficient (Wildman–Crippen LogP) is 5.43. The van der Waals surface area contributed by atoms with Crippen molar-refractivity contribution in [3.8, 4) is 5.75 Å². The highest BCUT2D eigenvalue weighted by Gasteiger charge is 2.31. The molecule has 5 rings (SSSR count). The predicted molar refractivity (Wildman–Crippen MR) is 111 cm³/mol. The minimum absolute atomic E-state index is 0.604. The van der Waals surface area contributed by atoms with E-state index in [-0.39, 0.29) is 0 Å². The van der Waals surface area contributed by atoms with Gasteiger partial charge in [0.15, 0.2) is 0 Å². The fourth-order valence-electron chi connectivity index (χ4n) is 3.86. The van der Waals surface area contributed by atoms with Gasteiger partial charge < -0.3 is 14.5 Å². The molecule has 0 saturated carbocycles. The topological polar surface area (TPSA) is 15.7 Å². The van der Waals surface area contributed by atoms with Gasteiger partial charge in [0.25, 0.3) is 0 Å². The Labute approximate surface area is 164 Å². The summed E-state index contributed by atoms with van der Waals surface area (Å²) in [5.74, 6) is 0.941. The molecule has 27 heavy (non-hydrogen) atoms. The van der Waals surface area contributed by atoms with Crippen LogP contribution in [0.25, 0.3) is 5.70 Å². The second-order valence-electron chi connectivity index (χ2n) is 6.82. The summed E-state index contributed by atoms with van der Waals surface area (Å²) in [7, 11) is 0. The lowest BCUT2D eigenvalue weighted by Gasteiger charge is -2.43. The zero-order valence-corrected chi connectivity index (χ0v) is 15.6. The van der Waals surface area contributed by atoms with Crippen LogP contribution in [-0.2, 0) is 0 Å². The van der Waals surface area contributed by atoms with Gasteiger partial charge in [-0.2, -0.15) is 0 Å². The molecule has 2 aliphatic heterocycles. The Hall–Kier alpha value is -2.91. The van der Waals surface area contributed by atoms with E-state index in [2.05, 4.69) is 52.3 Å². The first-order valence-corrected chi connectivity index (χ1v) is 9.45. The number of hydrogen-bond donors (Lipinski definition) is 0. The molecule has 3 aromatic rings. The maximum Gasteiger partial charge on any atom is 0.129 e. The lowest BCUT2D eigenvalue weighted by atomic mass is 9.98. The standard InChI is InChI=1S/C23H19ClN2O/c24-18-7-6-10-20(13-18)26-16-25(19-8-2-1-3-9-19)14-17-15-27-22-12-5-4-11-21(22)23(17)26/h1-13H,14-16H2. The Balaban J connectivity index is 1.65. The molecule has 3 nitrogen and oxygen atoms in total. The van der Waals surface area contributed by atoms with Crippen molar-refractivity contribution in [1.29, 1.82) is 0 Å². The second kappa shape index (κ2) is 6.67. The molecule has 0 amide bonds. The molecule has 4 heteroatoms. The summed E-state index contributed by atoms with van der Waals surface area (Å²) in [6.45, 7) is 2.22. The zero-order valence-electron chi connectivity index (χ0n) is 14.8. The van der Waals surface area contributed by atoms with Crippen molar-refractivity contribution in [3.63, 3.8) is 0 Å². The molecular weight excluding hydrogens is 356 g/mol. The van der Waals surface area contributed by atoms with E-state index in [1.165, 1.54) is 17.0 Å². The molecule has 0 bridgehead atoms. The first kappa shape index (κ1) is 16.3. The van der Waals surface area contributed by atoms with Crippen LogP contribution >= 0.6 is 11.6 Å². The van der Waals surface area contributed by atoms with Gasteiger partial charge in [0.1, 0.15) is 12.4 Å². The van der Waals surface area contributed by atoms with Gasteiger partial charge in [-0.25, -0.2) is 0 Å². The molecule has 0 N–H and O–H groups in total. The van der Waals surface area contributed by atoms with E-state index < -0.39 is 0 Å². The third-order valence-electron chi connectivity index (χ3n) is 5.08. The SMILES string of the molecule is Clc1cccc(N2CN(c3ccccc3)CC3=C2c2ccccc2OC3)c1. The molecule has 2 aliphatic rings. The Bertz CT molecular complexity index is 1020. The van der Waals surface area contributed by atoms with Gasteiger partial charge in [-0.3, -0.25) is 0 Å². The van der Waals surface area contributed by atoms with Crippen molar-refractivity contribution in [2.75, 3.05) is 29.6 Å². The van der Waals surface area contributed by atoms with E-state index in [0.29, 0.717) is 6.61 Å². The van der Waals surface area contributed by atoms with Gasteiger partial charge in [-0.1, -0.05) is 48.0 Å². The maximum atomic E-state index is 6.31. The lowest BCUT2D eigenvalue weighted by Crippen LogP contribution is -2.45. The van der Waals surface area contributed by atoms with Gasteiger partial charge in [0.05, 0.1) is 12.4 Å². The molecule has 3 aromatic carbocycles. The molecule has 0 radical (unpaired) electrons. The van der Waals surface area contributed by atoms with Crippen LogP contribution in [0.2, 0.25) is 5.02 Å². The fraction of sp³-hybridized carbons (Fsp3) is 0.130. The van der Waals surface area contributed by atoms with E-state index in [0.717, 1.165) is 35.2 Å². The van der Waals surface area contributed by atoms with Crippen LogP contribution in [0.3, 0.4) is 0 Å². The Morgan fingerprint density at radius 3 is 2.44 bits per heavy atom. The van der Waals surface area contributed by atoms with Crippen LogP contribution in [0, 0.1) is 0 Å². The highest BCUT2D eigenvalue weighted by molar-refractivity contribution is 6.30. The summed E-state index contributed by atoms with van der Waals surface area (Å²) in [5, 5.41) is 0.742. The number of ether oxygens (including phenoxy) is 1. The Morgan fingerprint density at radius 1 is 0.815 bits per heavy atom. The summed E-state index contributed by atoms with van der Waals surface area (Å²) in [4.78, 5) is 4.72. The number of benzene rings is 3. The number of para-hydroxylation sites is 2. The summed E-state index contributed by atoms with van der Waals surface area (Å²) >= 11 is 6.31. The smallest absolute Gasteiger partial charge is 0.129 e. The number of rotatable bonds is 2. The van der Waals surface area contributed by atoms with Gasteiger partial charge in [0.2, 0.25) is 0 Å². The maximum absolute atomic E-state index is 6.31. The normalized spacial score (nSPS) is 15.9. The van der Waals surface area contributed by atoms with Gasteiger partial charge in [0, 0.05) is 34.1 Å². The minimum Gasteiger partial charge on any atom is -0.488 e. The van der Waals surface area contributed by atoms with E-state index in [1.54, 1.807) is 0 Å². The number of halogens is 1. The zero-order chi connectivity index (χ0) is 18.2. The molecular formula is C23H19ClN2O. The monoisotopic (exact) mass is 374 g/mol. The van der Waals surface area contributed by atoms with Crippen molar-refractivity contribution >= 4 is 28.7 Å². The quantitative estimate of drug-likeness (QED) is 0.595. The number of anilines is 2. The van der Waals surface area contributed by atoms with Crippen molar-refractivity contribution < 1.29 is 4.74 Å². The Kier molecular flexibility index (Phi) is 4.02. The number of hydrogen-bond acceptors (Lipinski definition) is 3. The summed E-state index contributed by atoms with van der Waals surface area (Å²) in [6, 6.07) is 26.8. The van der Waals surface area contributed by atoms with E-state index in [1.807, 2.05) is 36.4 Å². The van der Waals surface area contributed by atoms with Gasteiger partial charge in [-0.15, -0.1) is 0 Å². The molecule has 0 spiro atoms. The van der Waals surface area contributed by atoms with E-state index in [9.17, 15) is 0 Å². The molecule has 0 aliphatic carbocycles. The van der Waals surface area contributed by atoms with Crippen LogP contribution in [0.1, 0.15) is 5.56 Å². The summed E-state index contributed by atoms with van der Waals surface area (Å²) in [5.41, 5.74) is 5.96. The molecule has 0 atom stereocenters. The third kappa shape index (κ3) is 2.94. The Morgan fingerprint density at radius 2 is 1.59 bits per heavy atom. The second-order valence-corrected chi connectivity index (χ2v) is 7.26. The molecule has 2 heterocycles. The molecule has 0 aromatic heterocycles. The summed E-state index contributed by atoms with van der Waals surface area (Å²) in [6.07, 6.45) is 0. The van der Waals surface area contributed by atoms with Crippen molar-refractivity contribution in [1.82, 2.24) is 0 Å². The van der Waals surface area contributed by atoms with E-state index in [4.69, 9.17) is 16.3 Å². The van der Waals surface area contributed by atoms with Crippen LogP contribution in [0.15, 0.2) is 84.4 Å². The van der Waals surface area contributed by atoms with Crippen LogP contribution in [0.4, 0.5) is 11.4 Å². The number of fused-ring (bicyclic) bond motifs is 2. The third-order valence-corrected chi connectivity index (χ3v) is 5.32. The van der Waals surface area contributed by atoms with Gasteiger partial charge >= 0.3 is 0 Å². The molecule has 134 valence electrons. The molecule has 0 saturated heterocycles. The molecule has 0 fully saturated rings. The van der Waals surface area contributed by atoms with Crippen molar-refractivity contribution in [2.24, 2.45) is 0 Å². The fourth-order valence-corrected chi connectivity index (χ4v) is 4.04. The van der Waals surface area contributed by atoms with Crippen LogP contribution < -0.4 is 14.5 Å². The summed E-state index contributed by atoms with van der Waals surface area (Å²) < 4.78 is 6.05. The highest BCUT2D eigenvalue weighted by Crippen LogP contribution is 2.41. The minimum atomic E-state index is 0.604. The largest absolute Gasteiger partial charge is 0.488 e.